The second kappa shape index (κ2) is 5.81. The highest BCUT2D eigenvalue weighted by Gasteiger charge is 2.30. The van der Waals surface area contributed by atoms with Crippen LogP contribution in [0.5, 0.6) is 0 Å². The van der Waals surface area contributed by atoms with Crippen LogP contribution in [0.4, 0.5) is 11.5 Å². The highest BCUT2D eigenvalue weighted by Crippen LogP contribution is 2.30. The minimum atomic E-state index is -0.605. The number of aromatic nitrogens is 1. The Kier molecular flexibility index (Phi) is 4.27. The molecule has 0 bridgehead atoms. The van der Waals surface area contributed by atoms with Crippen molar-refractivity contribution in [3.05, 3.63) is 18.3 Å². The lowest BCUT2D eigenvalue weighted by Crippen LogP contribution is -2.45. The van der Waals surface area contributed by atoms with Crippen LogP contribution in [0, 0.1) is 11.3 Å². The molecule has 2 rings (SSSR count). The van der Waals surface area contributed by atoms with Gasteiger partial charge in [-0.15, -0.1) is 0 Å². The maximum atomic E-state index is 12.0. The van der Waals surface area contributed by atoms with Crippen LogP contribution < -0.4 is 16.4 Å². The van der Waals surface area contributed by atoms with Crippen molar-refractivity contribution in [1.29, 1.82) is 0 Å². The van der Waals surface area contributed by atoms with Gasteiger partial charge in [-0.25, -0.2) is 4.98 Å². The summed E-state index contributed by atoms with van der Waals surface area (Å²) in [5.74, 6) is 0.383. The molecule has 114 valence electrons. The van der Waals surface area contributed by atoms with Crippen LogP contribution >= 0.6 is 0 Å². The molecular formula is C15H22N4O2. The molecule has 6 nitrogen and oxygen atoms in total. The number of hydrogen-bond donors (Lipinski definition) is 3. The molecule has 0 aliphatic heterocycles. The van der Waals surface area contributed by atoms with Crippen molar-refractivity contribution in [3.8, 4) is 0 Å². The molecule has 1 saturated carbocycles. The number of nitrogens with zero attached hydrogens (tertiary/aromatic N) is 1. The Balaban J connectivity index is 1.92. The maximum absolute atomic E-state index is 12.0. The average Bonchev–Trinajstić information content (AvgIpc) is 3.23. The lowest BCUT2D eigenvalue weighted by atomic mass is 9.87. The van der Waals surface area contributed by atoms with Crippen molar-refractivity contribution in [2.45, 2.75) is 39.7 Å². The number of pyridine rings is 1. The highest BCUT2D eigenvalue weighted by molar-refractivity contribution is 5.96. The molecular weight excluding hydrogens is 268 g/mol. The second-order valence-corrected chi connectivity index (χ2v) is 6.53. The van der Waals surface area contributed by atoms with E-state index in [1.165, 1.54) is 6.20 Å². The number of nitrogens with two attached hydrogens (primary N) is 1. The number of rotatable bonds is 4. The predicted octanol–water partition coefficient (Wildman–Crippen LogP) is 1.74. The fraction of sp³-hybridized carbons (Fsp3) is 0.533. The van der Waals surface area contributed by atoms with Crippen LogP contribution in [-0.2, 0) is 9.59 Å². The van der Waals surface area contributed by atoms with Gasteiger partial charge in [0.1, 0.15) is 5.82 Å². The molecule has 0 aromatic carbocycles. The van der Waals surface area contributed by atoms with E-state index in [2.05, 4.69) is 15.6 Å². The summed E-state index contributed by atoms with van der Waals surface area (Å²) in [6, 6.07) is 2.76. The first kappa shape index (κ1) is 15.4. The topological polar surface area (TPSA) is 97.1 Å². The zero-order valence-electron chi connectivity index (χ0n) is 12.6. The molecule has 0 spiro atoms. The second-order valence-electron chi connectivity index (χ2n) is 6.53. The molecule has 1 aromatic rings. The summed E-state index contributed by atoms with van der Waals surface area (Å²) < 4.78 is 0. The summed E-state index contributed by atoms with van der Waals surface area (Å²) >= 11 is 0. The van der Waals surface area contributed by atoms with E-state index in [4.69, 9.17) is 5.73 Å². The van der Waals surface area contributed by atoms with E-state index in [1.54, 1.807) is 12.1 Å². The van der Waals surface area contributed by atoms with Crippen molar-refractivity contribution >= 4 is 23.3 Å². The summed E-state index contributed by atoms with van der Waals surface area (Å²) in [5, 5.41) is 5.47. The fourth-order valence-corrected chi connectivity index (χ4v) is 1.73. The van der Waals surface area contributed by atoms with E-state index in [-0.39, 0.29) is 23.1 Å². The normalized spacial score (nSPS) is 16.2. The fourth-order valence-electron chi connectivity index (χ4n) is 1.73. The van der Waals surface area contributed by atoms with Crippen LogP contribution in [0.15, 0.2) is 18.3 Å². The van der Waals surface area contributed by atoms with E-state index in [0.29, 0.717) is 11.5 Å². The van der Waals surface area contributed by atoms with Gasteiger partial charge in [0.25, 0.3) is 0 Å². The van der Waals surface area contributed by atoms with E-state index < -0.39 is 6.04 Å². The van der Waals surface area contributed by atoms with Crippen LogP contribution in [0.25, 0.3) is 0 Å². The van der Waals surface area contributed by atoms with Gasteiger partial charge in [-0.1, -0.05) is 20.8 Å². The molecule has 0 radical (unpaired) electrons. The monoisotopic (exact) mass is 290 g/mol. The standard InChI is InChI=1S/C15H22N4O2/c1-15(2,3)12(16)14(21)18-10-6-7-11(17-8-10)19-13(20)9-4-5-9/h6-9,12H,4-5,16H2,1-3H3,(H,18,21)(H,17,19,20)/t12-/m1/s1. The van der Waals surface area contributed by atoms with Crippen molar-refractivity contribution < 1.29 is 9.59 Å². The average molecular weight is 290 g/mol. The molecule has 21 heavy (non-hydrogen) atoms. The minimum Gasteiger partial charge on any atom is -0.323 e. The first-order valence-electron chi connectivity index (χ1n) is 7.11. The number of carbonyl (C=O) groups is 2. The number of carbonyl (C=O) groups excluding carboxylic acids is 2. The van der Waals surface area contributed by atoms with Gasteiger partial charge in [-0.3, -0.25) is 9.59 Å². The molecule has 1 atom stereocenters. The highest BCUT2D eigenvalue weighted by atomic mass is 16.2. The van der Waals surface area contributed by atoms with E-state index in [9.17, 15) is 9.59 Å². The van der Waals surface area contributed by atoms with Gasteiger partial charge in [0.05, 0.1) is 17.9 Å². The Morgan fingerprint density at radius 3 is 2.43 bits per heavy atom. The van der Waals surface area contributed by atoms with E-state index in [1.807, 2.05) is 20.8 Å². The molecule has 0 saturated heterocycles. The third-order valence-electron chi connectivity index (χ3n) is 3.45. The Morgan fingerprint density at radius 1 is 1.29 bits per heavy atom. The number of nitrogens with one attached hydrogen (secondary N) is 2. The number of amides is 2. The molecule has 6 heteroatoms. The number of anilines is 2. The third-order valence-corrected chi connectivity index (χ3v) is 3.45. The number of hydrogen-bond acceptors (Lipinski definition) is 4. The largest absolute Gasteiger partial charge is 0.323 e. The van der Waals surface area contributed by atoms with E-state index >= 15 is 0 Å². The van der Waals surface area contributed by atoms with Gasteiger partial charge < -0.3 is 16.4 Å². The van der Waals surface area contributed by atoms with Gasteiger partial charge in [-0.2, -0.15) is 0 Å². The van der Waals surface area contributed by atoms with Gasteiger partial charge in [0, 0.05) is 5.92 Å². The Morgan fingerprint density at radius 2 is 1.95 bits per heavy atom. The molecule has 1 heterocycles. The molecule has 1 aliphatic carbocycles. The van der Waals surface area contributed by atoms with Crippen molar-refractivity contribution in [3.63, 3.8) is 0 Å². The van der Waals surface area contributed by atoms with E-state index in [0.717, 1.165) is 12.8 Å². The van der Waals surface area contributed by atoms with Crippen LogP contribution in [0.2, 0.25) is 0 Å². The SMILES string of the molecule is CC(C)(C)[C@H](N)C(=O)Nc1ccc(NC(=O)C2CC2)nc1. The summed E-state index contributed by atoms with van der Waals surface area (Å²) in [5.41, 5.74) is 6.14. The van der Waals surface area contributed by atoms with Crippen LogP contribution in [-0.4, -0.2) is 22.8 Å². The van der Waals surface area contributed by atoms with Gasteiger partial charge >= 0.3 is 0 Å². The van der Waals surface area contributed by atoms with Gasteiger partial charge in [-0.05, 0) is 30.4 Å². The Hall–Kier alpha value is -1.95. The molecule has 1 aliphatic rings. The smallest absolute Gasteiger partial charge is 0.241 e. The summed E-state index contributed by atoms with van der Waals surface area (Å²) in [6.07, 6.45) is 3.41. The summed E-state index contributed by atoms with van der Waals surface area (Å²) in [4.78, 5) is 27.7. The lowest BCUT2D eigenvalue weighted by molar-refractivity contribution is -0.119. The molecule has 0 unspecified atom stereocenters. The third kappa shape index (κ3) is 4.26. The predicted molar refractivity (Wildman–Crippen MR) is 81.7 cm³/mol. The quantitative estimate of drug-likeness (QED) is 0.786. The maximum Gasteiger partial charge on any atom is 0.241 e. The minimum absolute atomic E-state index is 0.00837. The first-order chi connectivity index (χ1) is 9.77. The molecule has 4 N–H and O–H groups in total. The first-order valence-corrected chi connectivity index (χ1v) is 7.11. The zero-order chi connectivity index (χ0) is 15.6. The molecule has 2 amide bonds. The zero-order valence-corrected chi connectivity index (χ0v) is 12.6. The van der Waals surface area contributed by atoms with Crippen molar-refractivity contribution in [2.75, 3.05) is 10.6 Å². The molecule has 1 aromatic heterocycles. The lowest BCUT2D eigenvalue weighted by Gasteiger charge is -2.25. The van der Waals surface area contributed by atoms with Crippen LogP contribution in [0.1, 0.15) is 33.6 Å². The van der Waals surface area contributed by atoms with Crippen molar-refractivity contribution in [2.24, 2.45) is 17.1 Å². The van der Waals surface area contributed by atoms with Crippen molar-refractivity contribution in [1.82, 2.24) is 4.98 Å². The van der Waals surface area contributed by atoms with Gasteiger partial charge in [0.15, 0.2) is 0 Å². The summed E-state index contributed by atoms with van der Waals surface area (Å²) in [7, 11) is 0. The van der Waals surface area contributed by atoms with Crippen LogP contribution in [0.3, 0.4) is 0 Å². The van der Waals surface area contributed by atoms with Gasteiger partial charge in [0.2, 0.25) is 11.8 Å². The Bertz CT molecular complexity index is 530. The Labute approximate surface area is 124 Å². The summed E-state index contributed by atoms with van der Waals surface area (Å²) in [6.45, 7) is 5.73. The molecule has 1 fully saturated rings.